The van der Waals surface area contributed by atoms with Crippen molar-refractivity contribution in [1.29, 1.82) is 0 Å². The van der Waals surface area contributed by atoms with Gasteiger partial charge in [0.2, 0.25) is 0 Å². The molecule has 126 valence electrons. The van der Waals surface area contributed by atoms with Crippen LogP contribution in [0.1, 0.15) is 5.56 Å². The van der Waals surface area contributed by atoms with E-state index >= 15 is 0 Å². The summed E-state index contributed by atoms with van der Waals surface area (Å²) in [4.78, 5) is 30.0. The van der Waals surface area contributed by atoms with Crippen LogP contribution in [0, 0.1) is 0 Å². The number of fused-ring (bicyclic) bond motifs is 1. The first kappa shape index (κ1) is 15.4. The van der Waals surface area contributed by atoms with Crippen LogP contribution in [0.5, 0.6) is 5.75 Å². The highest BCUT2D eigenvalue weighted by atomic mass is 16.5. The van der Waals surface area contributed by atoms with Gasteiger partial charge in [0.25, 0.3) is 5.56 Å². The fourth-order valence-corrected chi connectivity index (χ4v) is 2.97. The van der Waals surface area contributed by atoms with Gasteiger partial charge in [-0.15, -0.1) is 0 Å². The Morgan fingerprint density at radius 3 is 2.52 bits per heavy atom. The van der Waals surface area contributed by atoms with Gasteiger partial charge >= 0.3 is 0 Å². The number of benzene rings is 1. The molecule has 6 heteroatoms. The maximum Gasteiger partial charge on any atom is 0.251 e. The summed E-state index contributed by atoms with van der Waals surface area (Å²) in [5, 5.41) is 0. The molecule has 0 saturated carbocycles. The van der Waals surface area contributed by atoms with E-state index in [0.717, 1.165) is 28.0 Å². The third kappa shape index (κ3) is 2.87. The van der Waals surface area contributed by atoms with E-state index in [1.165, 1.54) is 6.07 Å². The molecule has 1 aliphatic heterocycles. The monoisotopic (exact) mass is 335 g/mol. The zero-order valence-electron chi connectivity index (χ0n) is 13.8. The molecule has 0 amide bonds. The Bertz CT molecular complexity index is 1000. The van der Waals surface area contributed by atoms with Crippen molar-refractivity contribution in [3.63, 3.8) is 0 Å². The predicted octanol–water partition coefficient (Wildman–Crippen LogP) is 1.84. The second-order valence-corrected chi connectivity index (χ2v) is 6.10. The average molecular weight is 335 g/mol. The summed E-state index contributed by atoms with van der Waals surface area (Å²) in [5.41, 5.74) is 3.30. The predicted molar refractivity (Wildman–Crippen MR) is 95.3 cm³/mol. The van der Waals surface area contributed by atoms with Gasteiger partial charge in [-0.3, -0.25) is 14.6 Å². The van der Waals surface area contributed by atoms with Crippen LogP contribution < -0.4 is 15.2 Å². The molecule has 0 atom stereocenters. The Balaban J connectivity index is 1.75. The van der Waals surface area contributed by atoms with E-state index in [4.69, 9.17) is 4.74 Å². The van der Waals surface area contributed by atoms with E-state index in [1.54, 1.807) is 23.9 Å². The van der Waals surface area contributed by atoms with Crippen LogP contribution in [-0.4, -0.2) is 35.5 Å². The fourth-order valence-electron chi connectivity index (χ4n) is 2.97. The molecule has 25 heavy (non-hydrogen) atoms. The van der Waals surface area contributed by atoms with E-state index in [-0.39, 0.29) is 11.3 Å². The molecule has 4 rings (SSSR count). The van der Waals surface area contributed by atoms with E-state index in [9.17, 15) is 9.59 Å². The van der Waals surface area contributed by atoms with Gasteiger partial charge in [-0.2, -0.15) is 0 Å². The first-order valence-corrected chi connectivity index (χ1v) is 8.03. The second kappa shape index (κ2) is 6.05. The molecule has 0 unspecified atom stereocenters. The van der Waals surface area contributed by atoms with Crippen LogP contribution in [0.2, 0.25) is 0 Å². The van der Waals surface area contributed by atoms with Crippen LogP contribution in [-0.2, 0) is 11.3 Å². The maximum atomic E-state index is 12.4. The maximum absolute atomic E-state index is 12.4. The van der Waals surface area contributed by atoms with E-state index in [1.807, 2.05) is 35.2 Å². The van der Waals surface area contributed by atoms with Gasteiger partial charge in [-0.1, -0.05) is 12.1 Å². The molecular formula is C19H17N3O3. The van der Waals surface area contributed by atoms with Crippen molar-refractivity contribution in [1.82, 2.24) is 9.55 Å². The minimum Gasteiger partial charge on any atom is -0.497 e. The molecule has 0 N–H and O–H groups in total. The number of hydrogen-bond donors (Lipinski definition) is 0. The van der Waals surface area contributed by atoms with Gasteiger partial charge in [0, 0.05) is 6.07 Å². The summed E-state index contributed by atoms with van der Waals surface area (Å²) in [7, 11) is 1.62. The summed E-state index contributed by atoms with van der Waals surface area (Å²) >= 11 is 0. The van der Waals surface area contributed by atoms with Crippen LogP contribution in [0.25, 0.3) is 11.0 Å². The lowest BCUT2D eigenvalue weighted by molar-refractivity contribution is -0.119. The third-order valence-corrected chi connectivity index (χ3v) is 4.42. The zero-order valence-corrected chi connectivity index (χ0v) is 13.8. The van der Waals surface area contributed by atoms with Crippen molar-refractivity contribution >= 4 is 22.5 Å². The number of anilines is 1. The standard InChI is InChI=1S/C19H17N3O3/c1-25-16-4-2-13(3-5-16)10-22-18-8-14(21-11-15(23)12-21)9-20-17(18)6-7-19(22)24/h2-9H,10-12H2,1H3. The van der Waals surface area contributed by atoms with Gasteiger partial charge in [-0.05, 0) is 29.8 Å². The zero-order chi connectivity index (χ0) is 17.4. The third-order valence-electron chi connectivity index (χ3n) is 4.42. The minimum atomic E-state index is -0.0815. The van der Waals surface area contributed by atoms with Crippen LogP contribution >= 0.6 is 0 Å². The number of hydrogen-bond acceptors (Lipinski definition) is 5. The molecule has 1 fully saturated rings. The summed E-state index contributed by atoms with van der Waals surface area (Å²) < 4.78 is 6.87. The molecular weight excluding hydrogens is 318 g/mol. The fraction of sp³-hybridized carbons (Fsp3) is 0.211. The molecule has 1 saturated heterocycles. The molecule has 0 spiro atoms. The molecule has 0 radical (unpaired) electrons. The van der Waals surface area contributed by atoms with Crippen molar-refractivity contribution in [3.8, 4) is 5.75 Å². The Morgan fingerprint density at radius 2 is 1.84 bits per heavy atom. The van der Waals surface area contributed by atoms with E-state index in [2.05, 4.69) is 4.98 Å². The number of carbonyl (C=O) groups excluding carboxylic acids is 1. The normalized spacial score (nSPS) is 13.8. The molecule has 2 aromatic heterocycles. The van der Waals surface area contributed by atoms with Gasteiger partial charge in [0.15, 0.2) is 5.78 Å². The molecule has 3 heterocycles. The smallest absolute Gasteiger partial charge is 0.251 e. The highest BCUT2D eigenvalue weighted by Crippen LogP contribution is 2.22. The topological polar surface area (TPSA) is 64.4 Å². The summed E-state index contributed by atoms with van der Waals surface area (Å²) in [6.07, 6.45) is 1.75. The SMILES string of the molecule is COc1ccc(Cn2c(=O)ccc3ncc(N4CC(=O)C4)cc32)cc1. The lowest BCUT2D eigenvalue weighted by atomic mass is 10.1. The van der Waals surface area contributed by atoms with Gasteiger partial charge < -0.3 is 14.2 Å². The Morgan fingerprint density at radius 1 is 1.08 bits per heavy atom. The number of methoxy groups -OCH3 is 1. The molecule has 1 aromatic carbocycles. The largest absolute Gasteiger partial charge is 0.497 e. The Hall–Kier alpha value is -3.15. The lowest BCUT2D eigenvalue weighted by Gasteiger charge is -2.31. The number of rotatable bonds is 4. The van der Waals surface area contributed by atoms with Crippen LogP contribution in [0.4, 0.5) is 5.69 Å². The number of nitrogens with zero attached hydrogens (tertiary/aromatic N) is 3. The Kier molecular flexibility index (Phi) is 3.72. The summed E-state index contributed by atoms with van der Waals surface area (Å²) in [6.45, 7) is 1.26. The van der Waals surface area contributed by atoms with Crippen LogP contribution in [0.15, 0.2) is 53.5 Å². The molecule has 1 aliphatic rings. The number of ketones is 1. The number of pyridine rings is 2. The molecule has 3 aromatic rings. The number of Topliss-reactive ketones (excluding diaryl/α,β-unsaturated/α-hetero) is 1. The van der Waals surface area contributed by atoms with E-state index < -0.39 is 0 Å². The number of carbonyl (C=O) groups is 1. The van der Waals surface area contributed by atoms with Gasteiger partial charge in [-0.25, -0.2) is 0 Å². The molecule has 0 aliphatic carbocycles. The van der Waals surface area contributed by atoms with Crippen molar-refractivity contribution < 1.29 is 9.53 Å². The second-order valence-electron chi connectivity index (χ2n) is 6.10. The van der Waals surface area contributed by atoms with Crippen molar-refractivity contribution in [2.45, 2.75) is 6.54 Å². The lowest BCUT2D eigenvalue weighted by Crippen LogP contribution is -2.47. The first-order valence-electron chi connectivity index (χ1n) is 8.03. The van der Waals surface area contributed by atoms with Gasteiger partial charge in [0.05, 0.1) is 49.7 Å². The Labute approximate surface area is 144 Å². The summed E-state index contributed by atoms with van der Waals surface area (Å²) in [5.74, 6) is 0.990. The van der Waals surface area contributed by atoms with Gasteiger partial charge in [0.1, 0.15) is 5.75 Å². The number of aromatic nitrogens is 2. The van der Waals surface area contributed by atoms with Crippen molar-refractivity contribution in [2.24, 2.45) is 0 Å². The van der Waals surface area contributed by atoms with Crippen molar-refractivity contribution in [2.75, 3.05) is 25.1 Å². The average Bonchev–Trinajstić information content (AvgIpc) is 2.62. The van der Waals surface area contributed by atoms with Crippen molar-refractivity contribution in [3.05, 3.63) is 64.6 Å². The van der Waals surface area contributed by atoms with E-state index in [0.29, 0.717) is 19.6 Å². The first-order chi connectivity index (χ1) is 12.1. The minimum absolute atomic E-state index is 0.0815. The molecule has 0 bridgehead atoms. The number of ether oxygens (including phenoxy) is 1. The van der Waals surface area contributed by atoms with Crippen LogP contribution in [0.3, 0.4) is 0 Å². The highest BCUT2D eigenvalue weighted by Gasteiger charge is 2.24. The molecule has 6 nitrogen and oxygen atoms in total. The summed E-state index contributed by atoms with van der Waals surface area (Å²) in [6, 6.07) is 12.8. The quantitative estimate of drug-likeness (QED) is 0.728. The highest BCUT2D eigenvalue weighted by molar-refractivity contribution is 5.96.